The highest BCUT2D eigenvalue weighted by molar-refractivity contribution is 5.94. The van der Waals surface area contributed by atoms with E-state index >= 15 is 0 Å². The summed E-state index contributed by atoms with van der Waals surface area (Å²) in [5.74, 6) is -0.00638. The molecule has 0 saturated heterocycles. The van der Waals surface area contributed by atoms with Gasteiger partial charge in [0.1, 0.15) is 6.33 Å². The van der Waals surface area contributed by atoms with E-state index in [1.165, 1.54) is 18.2 Å². The van der Waals surface area contributed by atoms with Gasteiger partial charge in [-0.25, -0.2) is 0 Å². The molecule has 7 heteroatoms. The highest BCUT2D eigenvalue weighted by Gasteiger charge is 2.23. The Kier molecular flexibility index (Phi) is 2.59. The predicted octanol–water partition coefficient (Wildman–Crippen LogP) is 0.345. The van der Waals surface area contributed by atoms with Crippen molar-refractivity contribution in [3.63, 3.8) is 0 Å². The molecule has 0 spiro atoms. The lowest BCUT2D eigenvalue weighted by molar-refractivity contribution is 0.0707. The van der Waals surface area contributed by atoms with Crippen LogP contribution in [-0.2, 0) is 13.1 Å². The van der Waals surface area contributed by atoms with Crippen LogP contribution in [0.2, 0.25) is 0 Å². The van der Waals surface area contributed by atoms with Crippen molar-refractivity contribution < 1.29 is 15.0 Å². The summed E-state index contributed by atoms with van der Waals surface area (Å²) >= 11 is 0. The molecule has 98 valence electrons. The third-order valence-corrected chi connectivity index (χ3v) is 3.15. The second kappa shape index (κ2) is 4.27. The number of hydrogen-bond donors (Lipinski definition) is 2. The highest BCUT2D eigenvalue weighted by atomic mass is 16.3. The van der Waals surface area contributed by atoms with Crippen molar-refractivity contribution in [2.24, 2.45) is 0 Å². The Morgan fingerprint density at radius 1 is 1.21 bits per heavy atom. The first kappa shape index (κ1) is 11.5. The van der Waals surface area contributed by atoms with Gasteiger partial charge in [-0.1, -0.05) is 0 Å². The van der Waals surface area contributed by atoms with Crippen LogP contribution in [0.5, 0.6) is 11.5 Å². The molecule has 3 rings (SSSR count). The summed E-state index contributed by atoms with van der Waals surface area (Å²) in [6.07, 6.45) is 1.64. The molecule has 0 radical (unpaired) electrons. The van der Waals surface area contributed by atoms with Crippen molar-refractivity contribution >= 4 is 5.91 Å². The lowest BCUT2D eigenvalue weighted by Gasteiger charge is -2.27. The summed E-state index contributed by atoms with van der Waals surface area (Å²) in [6, 6.07) is 4.04. The van der Waals surface area contributed by atoms with Crippen LogP contribution < -0.4 is 0 Å². The maximum Gasteiger partial charge on any atom is 0.254 e. The van der Waals surface area contributed by atoms with Crippen LogP contribution in [0.15, 0.2) is 24.5 Å². The van der Waals surface area contributed by atoms with Crippen molar-refractivity contribution in [3.8, 4) is 11.5 Å². The fourth-order valence-electron chi connectivity index (χ4n) is 2.08. The molecule has 1 aliphatic heterocycles. The third-order valence-electron chi connectivity index (χ3n) is 3.15. The second-order valence-electron chi connectivity index (χ2n) is 4.37. The summed E-state index contributed by atoms with van der Waals surface area (Å²) in [6.45, 7) is 1.60. The standard InChI is InChI=1S/C12H12N4O3/c17-9-2-1-8(5-10(9)18)12(19)15-3-4-16-7-13-14-11(16)6-15/h1-2,5,7,17-18H,3-4,6H2. The number of amides is 1. The van der Waals surface area contributed by atoms with E-state index < -0.39 is 0 Å². The number of carbonyl (C=O) groups is 1. The van der Waals surface area contributed by atoms with Gasteiger partial charge < -0.3 is 19.7 Å². The van der Waals surface area contributed by atoms with Gasteiger partial charge in [-0.05, 0) is 18.2 Å². The minimum atomic E-state index is -0.300. The Labute approximate surface area is 108 Å². The number of fused-ring (bicyclic) bond motifs is 1. The number of carbonyl (C=O) groups excluding carboxylic acids is 1. The first-order valence-corrected chi connectivity index (χ1v) is 5.83. The van der Waals surface area contributed by atoms with E-state index in [4.69, 9.17) is 0 Å². The number of benzene rings is 1. The van der Waals surface area contributed by atoms with Gasteiger partial charge in [0.2, 0.25) is 0 Å². The van der Waals surface area contributed by atoms with E-state index in [-0.39, 0.29) is 17.4 Å². The van der Waals surface area contributed by atoms with E-state index in [1.807, 2.05) is 4.57 Å². The van der Waals surface area contributed by atoms with Crippen LogP contribution in [0, 0.1) is 0 Å². The van der Waals surface area contributed by atoms with Gasteiger partial charge in [0.15, 0.2) is 17.3 Å². The molecule has 0 aliphatic carbocycles. The minimum absolute atomic E-state index is 0.204. The molecule has 1 aliphatic rings. The predicted molar refractivity (Wildman–Crippen MR) is 64.5 cm³/mol. The van der Waals surface area contributed by atoms with Crippen LogP contribution in [0.3, 0.4) is 0 Å². The zero-order valence-electron chi connectivity index (χ0n) is 10.0. The molecule has 0 saturated carbocycles. The van der Waals surface area contributed by atoms with Gasteiger partial charge in [0, 0.05) is 18.7 Å². The minimum Gasteiger partial charge on any atom is -0.504 e. The van der Waals surface area contributed by atoms with Crippen molar-refractivity contribution in [1.29, 1.82) is 0 Å². The SMILES string of the molecule is O=C(c1ccc(O)c(O)c1)N1CCn2cnnc2C1. The normalized spacial score (nSPS) is 14.2. The molecule has 0 unspecified atom stereocenters. The molecule has 0 bridgehead atoms. The van der Waals surface area contributed by atoms with E-state index in [0.717, 1.165) is 5.82 Å². The Morgan fingerprint density at radius 3 is 2.84 bits per heavy atom. The average molecular weight is 260 g/mol. The van der Waals surface area contributed by atoms with E-state index in [9.17, 15) is 15.0 Å². The first-order chi connectivity index (χ1) is 9.15. The monoisotopic (exact) mass is 260 g/mol. The van der Waals surface area contributed by atoms with Crippen molar-refractivity contribution in [2.45, 2.75) is 13.1 Å². The Bertz CT molecular complexity index is 638. The molecule has 19 heavy (non-hydrogen) atoms. The average Bonchev–Trinajstić information content (AvgIpc) is 2.88. The first-order valence-electron chi connectivity index (χ1n) is 5.83. The molecule has 1 aromatic carbocycles. The number of phenolic OH excluding ortho intramolecular Hbond substituents is 2. The summed E-state index contributed by atoms with van der Waals surface area (Å²) in [5, 5.41) is 26.4. The topological polar surface area (TPSA) is 91.5 Å². The number of rotatable bonds is 1. The summed E-state index contributed by atoms with van der Waals surface area (Å²) < 4.78 is 1.90. The third kappa shape index (κ3) is 1.99. The molecule has 1 aromatic heterocycles. The van der Waals surface area contributed by atoms with Gasteiger partial charge in [0.05, 0.1) is 6.54 Å². The number of aromatic nitrogens is 3. The van der Waals surface area contributed by atoms with Crippen molar-refractivity contribution in [1.82, 2.24) is 19.7 Å². The molecule has 7 nitrogen and oxygen atoms in total. The number of hydrogen-bond acceptors (Lipinski definition) is 5. The highest BCUT2D eigenvalue weighted by Crippen LogP contribution is 2.26. The van der Waals surface area contributed by atoms with E-state index in [1.54, 1.807) is 11.2 Å². The Morgan fingerprint density at radius 2 is 2.05 bits per heavy atom. The van der Waals surface area contributed by atoms with Crippen LogP contribution in [0.4, 0.5) is 0 Å². The molecule has 2 heterocycles. The molecule has 1 amide bonds. The number of aromatic hydroxyl groups is 2. The van der Waals surface area contributed by atoms with Crippen molar-refractivity contribution in [3.05, 3.63) is 35.9 Å². The lowest BCUT2D eigenvalue weighted by Crippen LogP contribution is -2.38. The zero-order valence-corrected chi connectivity index (χ0v) is 10.0. The second-order valence-corrected chi connectivity index (χ2v) is 4.37. The summed E-state index contributed by atoms with van der Waals surface area (Å²) in [5.41, 5.74) is 0.336. The number of phenols is 2. The molecular formula is C12H12N4O3. The van der Waals surface area contributed by atoms with Gasteiger partial charge in [-0.15, -0.1) is 10.2 Å². The zero-order chi connectivity index (χ0) is 13.4. The molecule has 2 aromatic rings. The quantitative estimate of drug-likeness (QED) is 0.722. The largest absolute Gasteiger partial charge is 0.504 e. The van der Waals surface area contributed by atoms with Gasteiger partial charge in [-0.2, -0.15) is 0 Å². The smallest absolute Gasteiger partial charge is 0.254 e. The summed E-state index contributed by atoms with van der Waals surface area (Å²) in [7, 11) is 0. The van der Waals surface area contributed by atoms with Crippen molar-refractivity contribution in [2.75, 3.05) is 6.54 Å². The molecule has 0 atom stereocenters. The van der Waals surface area contributed by atoms with E-state index in [2.05, 4.69) is 10.2 Å². The Balaban J connectivity index is 1.83. The van der Waals surface area contributed by atoms with E-state index in [0.29, 0.717) is 25.2 Å². The van der Waals surface area contributed by atoms with Gasteiger partial charge >= 0.3 is 0 Å². The van der Waals surface area contributed by atoms with Crippen LogP contribution in [0.1, 0.15) is 16.2 Å². The maximum absolute atomic E-state index is 12.3. The molecule has 2 N–H and O–H groups in total. The van der Waals surface area contributed by atoms with Crippen LogP contribution in [-0.4, -0.2) is 42.3 Å². The molecule has 0 fully saturated rings. The fourth-order valence-corrected chi connectivity index (χ4v) is 2.08. The van der Waals surface area contributed by atoms with Crippen LogP contribution >= 0.6 is 0 Å². The van der Waals surface area contributed by atoms with Crippen LogP contribution in [0.25, 0.3) is 0 Å². The summed E-state index contributed by atoms with van der Waals surface area (Å²) in [4.78, 5) is 13.9. The lowest BCUT2D eigenvalue weighted by atomic mass is 10.1. The number of nitrogens with zero attached hydrogens (tertiary/aromatic N) is 4. The molecular weight excluding hydrogens is 248 g/mol. The van der Waals surface area contributed by atoms with Gasteiger partial charge in [-0.3, -0.25) is 4.79 Å². The van der Waals surface area contributed by atoms with Gasteiger partial charge in [0.25, 0.3) is 5.91 Å². The maximum atomic E-state index is 12.3. The fraction of sp³-hybridized carbons (Fsp3) is 0.250. The Hall–Kier alpha value is -2.57.